The Balaban J connectivity index is 1.89. The van der Waals surface area contributed by atoms with Crippen molar-refractivity contribution in [3.63, 3.8) is 0 Å². The number of rotatable bonds is 6. The molecule has 1 saturated heterocycles. The van der Waals surface area contributed by atoms with Gasteiger partial charge in [-0.3, -0.25) is 4.79 Å². The highest BCUT2D eigenvalue weighted by atomic mass is 35.5. The molecule has 1 fully saturated rings. The first-order chi connectivity index (χ1) is 14.3. The molecule has 0 unspecified atom stereocenters. The van der Waals surface area contributed by atoms with E-state index in [0.29, 0.717) is 36.4 Å². The molecule has 0 bridgehead atoms. The lowest BCUT2D eigenvalue weighted by molar-refractivity contribution is -0.120. The molecule has 7 nitrogen and oxygen atoms in total. The number of carbonyl (C=O) groups is 1. The van der Waals surface area contributed by atoms with Gasteiger partial charge in [-0.25, -0.2) is 12.8 Å². The number of hydrogen-bond acceptors (Lipinski definition) is 5. The molecule has 1 amide bonds. The van der Waals surface area contributed by atoms with Crippen molar-refractivity contribution in [2.24, 2.45) is 0 Å². The Hall–Kier alpha value is -2.36. The zero-order valence-corrected chi connectivity index (χ0v) is 18.1. The van der Waals surface area contributed by atoms with Crippen LogP contribution in [0.4, 0.5) is 10.1 Å². The summed E-state index contributed by atoms with van der Waals surface area (Å²) in [4.78, 5) is 13.0. The van der Waals surface area contributed by atoms with Gasteiger partial charge >= 0.3 is 0 Å². The quantitative estimate of drug-likeness (QED) is 0.716. The third-order valence-electron chi connectivity index (χ3n) is 4.91. The van der Waals surface area contributed by atoms with E-state index in [4.69, 9.17) is 21.1 Å². The maximum atomic E-state index is 13.2. The third kappa shape index (κ3) is 4.53. The summed E-state index contributed by atoms with van der Waals surface area (Å²) in [6, 6.07) is 6.65. The van der Waals surface area contributed by atoms with Crippen LogP contribution in [0.2, 0.25) is 5.02 Å². The molecule has 1 heterocycles. The molecule has 30 heavy (non-hydrogen) atoms. The minimum Gasteiger partial charge on any atom is -0.495 e. The Morgan fingerprint density at radius 1 is 1.13 bits per heavy atom. The predicted octanol–water partition coefficient (Wildman–Crippen LogP) is 3.68. The van der Waals surface area contributed by atoms with Crippen molar-refractivity contribution in [2.45, 2.75) is 30.2 Å². The lowest BCUT2D eigenvalue weighted by Crippen LogP contribution is -2.49. The van der Waals surface area contributed by atoms with Crippen LogP contribution in [0, 0.1) is 5.82 Å². The summed E-state index contributed by atoms with van der Waals surface area (Å²) in [7, 11) is -1.08. The van der Waals surface area contributed by atoms with E-state index in [0.717, 1.165) is 16.4 Å². The highest BCUT2D eigenvalue weighted by Gasteiger charge is 2.38. The lowest BCUT2D eigenvalue weighted by atomic mass is 10.0. The van der Waals surface area contributed by atoms with E-state index in [1.54, 1.807) is 0 Å². The Labute approximate surface area is 179 Å². The first-order valence-corrected chi connectivity index (χ1v) is 11.1. The van der Waals surface area contributed by atoms with Gasteiger partial charge in [-0.15, -0.1) is 0 Å². The number of ether oxygens (including phenoxy) is 2. The van der Waals surface area contributed by atoms with Gasteiger partial charge in [0.25, 0.3) is 0 Å². The summed E-state index contributed by atoms with van der Waals surface area (Å²) in [6.07, 6.45) is 1.69. The number of anilines is 1. The van der Waals surface area contributed by atoms with Crippen molar-refractivity contribution in [1.29, 1.82) is 0 Å². The molecule has 1 aliphatic heterocycles. The highest BCUT2D eigenvalue weighted by Crippen LogP contribution is 2.36. The average molecular weight is 457 g/mol. The summed E-state index contributed by atoms with van der Waals surface area (Å²) in [5.74, 6) is -0.330. The van der Waals surface area contributed by atoms with Gasteiger partial charge in [0.1, 0.15) is 23.4 Å². The second-order valence-electron chi connectivity index (χ2n) is 6.76. The maximum Gasteiger partial charge on any atom is 0.243 e. The van der Waals surface area contributed by atoms with Gasteiger partial charge in [0.2, 0.25) is 15.9 Å². The minimum absolute atomic E-state index is 0.0614. The van der Waals surface area contributed by atoms with E-state index < -0.39 is 27.8 Å². The minimum atomic E-state index is -3.97. The van der Waals surface area contributed by atoms with Crippen LogP contribution in [0.1, 0.15) is 19.3 Å². The van der Waals surface area contributed by atoms with E-state index in [2.05, 4.69) is 5.32 Å². The van der Waals surface area contributed by atoms with Crippen LogP contribution in [-0.4, -0.2) is 45.4 Å². The van der Waals surface area contributed by atoms with Crippen LogP contribution in [0.3, 0.4) is 0 Å². The van der Waals surface area contributed by atoms with Gasteiger partial charge in [0.05, 0.1) is 29.8 Å². The van der Waals surface area contributed by atoms with Crippen LogP contribution >= 0.6 is 11.6 Å². The van der Waals surface area contributed by atoms with Crippen LogP contribution < -0.4 is 14.8 Å². The van der Waals surface area contributed by atoms with Crippen molar-refractivity contribution < 1.29 is 27.1 Å². The summed E-state index contributed by atoms with van der Waals surface area (Å²) in [6.45, 7) is 0.193. The number of halogens is 2. The number of sulfonamides is 1. The molecule has 2 aromatic carbocycles. The Morgan fingerprint density at radius 2 is 1.80 bits per heavy atom. The molecular weight excluding hydrogens is 435 g/mol. The number of benzene rings is 2. The molecule has 1 atom stereocenters. The smallest absolute Gasteiger partial charge is 0.243 e. The van der Waals surface area contributed by atoms with Crippen LogP contribution in [-0.2, 0) is 14.8 Å². The number of carbonyl (C=O) groups excluding carboxylic acids is 1. The second kappa shape index (κ2) is 9.20. The normalized spacial score (nSPS) is 17.4. The van der Waals surface area contributed by atoms with E-state index in [-0.39, 0.29) is 16.5 Å². The fourth-order valence-corrected chi connectivity index (χ4v) is 5.27. The van der Waals surface area contributed by atoms with E-state index >= 15 is 0 Å². The first kappa shape index (κ1) is 22.3. The molecule has 0 aromatic heterocycles. The van der Waals surface area contributed by atoms with Crippen molar-refractivity contribution >= 4 is 33.2 Å². The van der Waals surface area contributed by atoms with Gasteiger partial charge in [0.15, 0.2) is 0 Å². The number of nitrogens with one attached hydrogen (secondary N) is 1. The number of amides is 1. The molecule has 0 aliphatic carbocycles. The molecular formula is C20H22ClFN2O5S. The Bertz CT molecular complexity index is 1030. The van der Waals surface area contributed by atoms with Crippen molar-refractivity contribution in [2.75, 3.05) is 26.1 Å². The molecule has 0 radical (unpaired) electrons. The zero-order chi connectivity index (χ0) is 21.9. The maximum absolute atomic E-state index is 13.2. The SMILES string of the molecule is COc1cc(OC)c(NC(=O)[C@H]2CCCCN2S(=O)(=O)c2ccc(F)cc2)cc1Cl. The van der Waals surface area contributed by atoms with Crippen molar-refractivity contribution in [3.8, 4) is 11.5 Å². The van der Waals surface area contributed by atoms with Gasteiger partial charge < -0.3 is 14.8 Å². The van der Waals surface area contributed by atoms with Crippen LogP contribution in [0.25, 0.3) is 0 Å². The predicted molar refractivity (Wildman–Crippen MR) is 111 cm³/mol. The standard InChI is InChI=1S/C20H22ClFN2O5S/c1-28-18-12-19(29-2)16(11-15(18)21)23-20(25)17-5-3-4-10-24(17)30(26,27)14-8-6-13(22)7-9-14/h6-9,11-12,17H,3-5,10H2,1-2H3,(H,23,25)/t17-/m1/s1. The number of methoxy groups -OCH3 is 2. The zero-order valence-electron chi connectivity index (χ0n) is 16.5. The van der Waals surface area contributed by atoms with Crippen molar-refractivity contribution in [1.82, 2.24) is 4.31 Å². The summed E-state index contributed by atoms with van der Waals surface area (Å²) in [5.41, 5.74) is 0.304. The summed E-state index contributed by atoms with van der Waals surface area (Å²) < 4.78 is 51.0. The molecule has 2 aromatic rings. The number of nitrogens with zero attached hydrogens (tertiary/aromatic N) is 1. The molecule has 3 rings (SSSR count). The largest absolute Gasteiger partial charge is 0.495 e. The molecule has 162 valence electrons. The van der Waals surface area contributed by atoms with E-state index in [9.17, 15) is 17.6 Å². The average Bonchev–Trinajstić information content (AvgIpc) is 2.74. The van der Waals surface area contributed by atoms with Crippen LogP contribution in [0.5, 0.6) is 11.5 Å². The molecule has 10 heteroatoms. The second-order valence-corrected chi connectivity index (χ2v) is 9.06. The number of piperidine rings is 1. The van der Waals surface area contributed by atoms with E-state index in [1.807, 2.05) is 0 Å². The first-order valence-electron chi connectivity index (χ1n) is 9.27. The fraction of sp³-hybridized carbons (Fsp3) is 0.350. The van der Waals surface area contributed by atoms with Gasteiger partial charge in [-0.1, -0.05) is 18.0 Å². The highest BCUT2D eigenvalue weighted by molar-refractivity contribution is 7.89. The van der Waals surface area contributed by atoms with Gasteiger partial charge in [-0.2, -0.15) is 4.31 Å². The molecule has 0 saturated carbocycles. The van der Waals surface area contributed by atoms with Crippen molar-refractivity contribution in [3.05, 3.63) is 47.2 Å². The fourth-order valence-electron chi connectivity index (χ4n) is 3.37. The summed E-state index contributed by atoms with van der Waals surface area (Å²) >= 11 is 6.15. The Kier molecular flexibility index (Phi) is 6.84. The number of hydrogen-bond donors (Lipinski definition) is 1. The lowest BCUT2D eigenvalue weighted by Gasteiger charge is -2.33. The van der Waals surface area contributed by atoms with E-state index in [1.165, 1.54) is 38.5 Å². The van der Waals surface area contributed by atoms with Crippen LogP contribution in [0.15, 0.2) is 41.3 Å². The monoisotopic (exact) mass is 456 g/mol. The summed E-state index contributed by atoms with van der Waals surface area (Å²) in [5, 5.41) is 2.99. The van der Waals surface area contributed by atoms with Gasteiger partial charge in [-0.05, 0) is 43.2 Å². The molecule has 1 N–H and O–H groups in total. The van der Waals surface area contributed by atoms with Gasteiger partial charge in [0, 0.05) is 12.6 Å². The third-order valence-corrected chi connectivity index (χ3v) is 7.13. The Morgan fingerprint density at radius 3 is 2.43 bits per heavy atom. The topological polar surface area (TPSA) is 84.9 Å². The molecule has 1 aliphatic rings. The molecule has 0 spiro atoms.